The lowest BCUT2D eigenvalue weighted by Crippen LogP contribution is -2.28. The molecule has 0 aliphatic carbocycles. The molecule has 0 aliphatic heterocycles. The number of benzene rings is 2. The van der Waals surface area contributed by atoms with Gasteiger partial charge >= 0.3 is 6.16 Å². The molecule has 0 heterocycles. The molecule has 2 rings (SSSR count). The molecule has 0 aromatic heterocycles. The van der Waals surface area contributed by atoms with Crippen LogP contribution in [-0.2, 0) is 4.74 Å². The van der Waals surface area contributed by atoms with Crippen LogP contribution in [0.25, 0.3) is 0 Å². The zero-order valence-corrected chi connectivity index (χ0v) is 13.4. The van der Waals surface area contributed by atoms with Crippen LogP contribution < -0.4 is 14.4 Å². The summed E-state index contributed by atoms with van der Waals surface area (Å²) in [4.78, 5) is 13.7. The van der Waals surface area contributed by atoms with Gasteiger partial charge in [0.05, 0.1) is 19.3 Å². The number of para-hydroxylation sites is 3. The van der Waals surface area contributed by atoms with Crippen LogP contribution >= 0.6 is 0 Å². The van der Waals surface area contributed by atoms with Gasteiger partial charge in [-0.2, -0.15) is 0 Å². The Bertz CT molecular complexity index is 615. The van der Waals surface area contributed by atoms with Crippen LogP contribution in [0.1, 0.15) is 6.92 Å². The van der Waals surface area contributed by atoms with Gasteiger partial charge in [-0.1, -0.05) is 30.3 Å². The van der Waals surface area contributed by atoms with Crippen molar-refractivity contribution in [3.63, 3.8) is 0 Å². The van der Waals surface area contributed by atoms with Crippen LogP contribution in [0.4, 0.5) is 10.5 Å². The number of ether oxygens (including phenoxy) is 3. The molecule has 2 aromatic rings. The van der Waals surface area contributed by atoms with E-state index in [9.17, 15) is 4.79 Å². The van der Waals surface area contributed by atoms with Crippen LogP contribution in [0.3, 0.4) is 0 Å². The lowest BCUT2D eigenvalue weighted by molar-refractivity contribution is 0.101. The van der Waals surface area contributed by atoms with Crippen LogP contribution in [0.5, 0.6) is 11.5 Å². The second kappa shape index (κ2) is 8.68. The quantitative estimate of drug-likeness (QED) is 0.575. The van der Waals surface area contributed by atoms with E-state index in [4.69, 9.17) is 14.2 Å². The van der Waals surface area contributed by atoms with Crippen molar-refractivity contribution in [3.05, 3.63) is 54.6 Å². The van der Waals surface area contributed by atoms with Gasteiger partial charge in [0.2, 0.25) is 0 Å². The minimum Gasteiger partial charge on any atom is -0.495 e. The van der Waals surface area contributed by atoms with Crippen molar-refractivity contribution in [2.75, 3.05) is 31.7 Å². The van der Waals surface area contributed by atoms with Crippen molar-refractivity contribution < 1.29 is 19.0 Å². The minimum absolute atomic E-state index is 0.234. The zero-order valence-electron chi connectivity index (χ0n) is 13.4. The molecule has 0 spiro atoms. The van der Waals surface area contributed by atoms with E-state index in [2.05, 4.69) is 4.90 Å². The molecule has 0 N–H and O–H groups in total. The van der Waals surface area contributed by atoms with Gasteiger partial charge in [0, 0.05) is 6.54 Å². The summed E-state index contributed by atoms with van der Waals surface area (Å²) in [5.74, 6) is 1.26. The number of rotatable bonds is 7. The van der Waals surface area contributed by atoms with Crippen molar-refractivity contribution in [1.29, 1.82) is 0 Å². The number of carbonyl (C=O) groups excluding carboxylic acids is 1. The van der Waals surface area contributed by atoms with E-state index in [1.807, 2.05) is 37.3 Å². The lowest BCUT2D eigenvalue weighted by Gasteiger charge is -2.24. The standard InChI is InChI=1S/C18H21NO4/c1-3-19(16-11-7-8-12-17(16)21-2)13-14-22-18(20)23-15-9-5-4-6-10-15/h4-12H,3,13-14H2,1-2H3. The van der Waals surface area contributed by atoms with Crippen LogP contribution in [0, 0.1) is 0 Å². The molecule has 2 aromatic carbocycles. The predicted octanol–water partition coefficient (Wildman–Crippen LogP) is 3.74. The maximum atomic E-state index is 11.7. The first kappa shape index (κ1) is 16.7. The summed E-state index contributed by atoms with van der Waals surface area (Å²) >= 11 is 0. The van der Waals surface area contributed by atoms with Crippen LogP contribution in [0.2, 0.25) is 0 Å². The third-order valence-electron chi connectivity index (χ3n) is 3.33. The van der Waals surface area contributed by atoms with Crippen molar-refractivity contribution >= 4 is 11.8 Å². The van der Waals surface area contributed by atoms with Gasteiger partial charge < -0.3 is 19.1 Å². The Morgan fingerprint density at radius 1 is 1.04 bits per heavy atom. The first-order valence-corrected chi connectivity index (χ1v) is 7.52. The summed E-state index contributed by atoms with van der Waals surface area (Å²) < 4.78 is 15.6. The number of carbonyl (C=O) groups is 1. The highest BCUT2D eigenvalue weighted by molar-refractivity contribution is 5.64. The fraction of sp³-hybridized carbons (Fsp3) is 0.278. The largest absolute Gasteiger partial charge is 0.513 e. The molecule has 5 nitrogen and oxygen atoms in total. The summed E-state index contributed by atoms with van der Waals surface area (Å²) in [6.45, 7) is 3.60. The summed E-state index contributed by atoms with van der Waals surface area (Å²) in [5, 5.41) is 0. The van der Waals surface area contributed by atoms with E-state index in [1.54, 1.807) is 31.4 Å². The molecule has 0 saturated carbocycles. The van der Waals surface area contributed by atoms with E-state index < -0.39 is 6.16 Å². The van der Waals surface area contributed by atoms with Crippen LogP contribution in [0.15, 0.2) is 54.6 Å². The van der Waals surface area contributed by atoms with Gasteiger partial charge in [-0.3, -0.25) is 0 Å². The van der Waals surface area contributed by atoms with Gasteiger partial charge in [-0.15, -0.1) is 0 Å². The smallest absolute Gasteiger partial charge is 0.495 e. The Hall–Kier alpha value is -2.69. The molecule has 0 saturated heterocycles. The topological polar surface area (TPSA) is 48.0 Å². The third kappa shape index (κ3) is 4.92. The average molecular weight is 315 g/mol. The Balaban J connectivity index is 1.85. The molecule has 0 atom stereocenters. The number of nitrogens with zero attached hydrogens (tertiary/aromatic N) is 1. The summed E-state index contributed by atoms with van der Waals surface area (Å²) in [6.07, 6.45) is -0.702. The summed E-state index contributed by atoms with van der Waals surface area (Å²) in [7, 11) is 1.64. The van der Waals surface area contributed by atoms with Crippen LogP contribution in [-0.4, -0.2) is 33.0 Å². The number of likely N-dealkylation sites (N-methyl/N-ethyl adjacent to an activating group) is 1. The molecule has 23 heavy (non-hydrogen) atoms. The monoisotopic (exact) mass is 315 g/mol. The minimum atomic E-state index is -0.702. The maximum Gasteiger partial charge on any atom is 0.513 e. The van der Waals surface area contributed by atoms with Crippen molar-refractivity contribution in [2.24, 2.45) is 0 Å². The highest BCUT2D eigenvalue weighted by atomic mass is 16.7. The Labute approximate surface area is 136 Å². The molecule has 0 unspecified atom stereocenters. The molecule has 5 heteroatoms. The summed E-state index contributed by atoms with van der Waals surface area (Å²) in [6, 6.07) is 16.6. The second-order valence-corrected chi connectivity index (χ2v) is 4.77. The van der Waals surface area contributed by atoms with Crippen molar-refractivity contribution in [3.8, 4) is 11.5 Å². The predicted molar refractivity (Wildman–Crippen MR) is 89.3 cm³/mol. The Kier molecular flexibility index (Phi) is 6.29. The second-order valence-electron chi connectivity index (χ2n) is 4.77. The van der Waals surface area contributed by atoms with Gasteiger partial charge in [-0.25, -0.2) is 4.79 Å². The zero-order chi connectivity index (χ0) is 16.5. The van der Waals surface area contributed by atoms with Gasteiger partial charge in [-0.05, 0) is 31.2 Å². The average Bonchev–Trinajstić information content (AvgIpc) is 2.59. The maximum absolute atomic E-state index is 11.7. The molecule has 0 amide bonds. The Morgan fingerprint density at radius 2 is 1.74 bits per heavy atom. The molecular weight excluding hydrogens is 294 g/mol. The van der Waals surface area contributed by atoms with E-state index in [-0.39, 0.29) is 6.61 Å². The van der Waals surface area contributed by atoms with Gasteiger partial charge in [0.15, 0.2) is 0 Å². The molecular formula is C18H21NO4. The number of anilines is 1. The van der Waals surface area contributed by atoms with E-state index in [0.29, 0.717) is 12.3 Å². The molecule has 0 radical (unpaired) electrons. The molecule has 122 valence electrons. The number of hydrogen-bond acceptors (Lipinski definition) is 5. The molecule has 0 fully saturated rings. The van der Waals surface area contributed by atoms with Gasteiger partial charge in [0.1, 0.15) is 18.1 Å². The number of methoxy groups -OCH3 is 1. The highest BCUT2D eigenvalue weighted by Gasteiger charge is 2.11. The van der Waals surface area contributed by atoms with E-state index in [1.165, 1.54) is 0 Å². The van der Waals surface area contributed by atoms with E-state index in [0.717, 1.165) is 18.0 Å². The van der Waals surface area contributed by atoms with Crippen molar-refractivity contribution in [1.82, 2.24) is 0 Å². The summed E-state index contributed by atoms with van der Waals surface area (Å²) in [5.41, 5.74) is 0.970. The Morgan fingerprint density at radius 3 is 2.43 bits per heavy atom. The molecule has 0 aliphatic rings. The van der Waals surface area contributed by atoms with Crippen molar-refractivity contribution in [2.45, 2.75) is 6.92 Å². The fourth-order valence-corrected chi connectivity index (χ4v) is 2.19. The van der Waals surface area contributed by atoms with E-state index >= 15 is 0 Å². The first-order chi connectivity index (χ1) is 11.2. The normalized spacial score (nSPS) is 10.0. The highest BCUT2D eigenvalue weighted by Crippen LogP contribution is 2.27. The number of hydrogen-bond donors (Lipinski definition) is 0. The molecule has 0 bridgehead atoms. The SMILES string of the molecule is CCN(CCOC(=O)Oc1ccccc1)c1ccccc1OC. The van der Waals surface area contributed by atoms with Gasteiger partial charge in [0.25, 0.3) is 0 Å². The lowest BCUT2D eigenvalue weighted by atomic mass is 10.2. The first-order valence-electron chi connectivity index (χ1n) is 7.52. The third-order valence-corrected chi connectivity index (χ3v) is 3.33. The fourth-order valence-electron chi connectivity index (χ4n) is 2.19.